The van der Waals surface area contributed by atoms with Gasteiger partial charge in [-0.3, -0.25) is 14.4 Å². The van der Waals surface area contributed by atoms with Crippen LogP contribution in [0, 0.1) is 20.8 Å². The quantitative estimate of drug-likeness (QED) is 0.408. The fraction of sp³-hybridized carbons (Fsp3) is 0.300. The lowest BCUT2D eigenvalue weighted by molar-refractivity contribution is -0.117. The Morgan fingerprint density at radius 2 is 2.03 bits per heavy atom. The lowest BCUT2D eigenvalue weighted by Crippen LogP contribution is -2.25. The van der Waals surface area contributed by atoms with Gasteiger partial charge in [0.2, 0.25) is 5.91 Å². The summed E-state index contributed by atoms with van der Waals surface area (Å²) in [6, 6.07) is 5.78. The molecule has 2 aromatic heterocycles. The summed E-state index contributed by atoms with van der Waals surface area (Å²) >= 11 is 2.28. The number of nitrogens with one attached hydrogen (secondary N) is 2. The zero-order chi connectivity index (χ0) is 21.3. The first-order valence-electron chi connectivity index (χ1n) is 9.09. The number of primary amides is 1. The van der Waals surface area contributed by atoms with E-state index >= 15 is 0 Å². The first-order chi connectivity index (χ1) is 13.7. The fourth-order valence-electron chi connectivity index (χ4n) is 3.01. The number of nitrogens with two attached hydrogens (primary N) is 1. The molecule has 3 aromatic rings. The van der Waals surface area contributed by atoms with Crippen molar-refractivity contribution in [2.75, 3.05) is 5.32 Å². The van der Waals surface area contributed by atoms with Crippen LogP contribution >= 0.6 is 23.1 Å². The largest absolute Gasteiger partial charge is 0.369 e. The highest BCUT2D eigenvalue weighted by Crippen LogP contribution is 2.30. The zero-order valence-electron chi connectivity index (χ0n) is 16.6. The van der Waals surface area contributed by atoms with Crippen LogP contribution in [0.2, 0.25) is 0 Å². The van der Waals surface area contributed by atoms with Crippen LogP contribution in [-0.2, 0) is 4.79 Å². The van der Waals surface area contributed by atoms with Crippen LogP contribution in [0.15, 0.2) is 28.2 Å². The van der Waals surface area contributed by atoms with Gasteiger partial charge in [-0.1, -0.05) is 36.4 Å². The SMILES string of the molecule is CCC(Sc1nc2sc(C(=O)Nc3ccc(C)cc3C)c(C)c2c(=O)[nH]1)C(N)=O. The number of rotatable bonds is 6. The maximum Gasteiger partial charge on any atom is 0.266 e. The van der Waals surface area contributed by atoms with Crippen molar-refractivity contribution in [2.24, 2.45) is 5.73 Å². The van der Waals surface area contributed by atoms with Crippen LogP contribution in [0.25, 0.3) is 10.2 Å². The third-order valence-corrected chi connectivity index (χ3v) is 7.01. The predicted octanol–water partition coefficient (Wildman–Crippen LogP) is 3.52. The number of carbonyl (C=O) groups is 2. The monoisotopic (exact) mass is 430 g/mol. The lowest BCUT2D eigenvalue weighted by Gasteiger charge is -2.08. The molecule has 0 saturated heterocycles. The fourth-order valence-corrected chi connectivity index (χ4v) is 4.99. The minimum atomic E-state index is -0.482. The number of anilines is 1. The second-order valence-electron chi connectivity index (χ2n) is 6.80. The van der Waals surface area contributed by atoms with Crippen molar-refractivity contribution in [3.05, 3.63) is 50.1 Å². The molecule has 0 saturated carbocycles. The second-order valence-corrected chi connectivity index (χ2v) is 8.99. The molecule has 7 nitrogen and oxygen atoms in total. The third-order valence-electron chi connectivity index (χ3n) is 4.56. The number of hydrogen-bond acceptors (Lipinski definition) is 6. The average Bonchev–Trinajstić information content (AvgIpc) is 2.98. The molecule has 1 unspecified atom stereocenters. The van der Waals surface area contributed by atoms with E-state index in [0.29, 0.717) is 32.2 Å². The van der Waals surface area contributed by atoms with E-state index in [1.54, 1.807) is 6.92 Å². The lowest BCUT2D eigenvalue weighted by atomic mass is 10.1. The summed E-state index contributed by atoms with van der Waals surface area (Å²) in [7, 11) is 0. The van der Waals surface area contributed by atoms with Gasteiger partial charge in [0, 0.05) is 5.69 Å². The second kappa shape index (κ2) is 8.38. The van der Waals surface area contributed by atoms with E-state index in [1.165, 1.54) is 0 Å². The number of fused-ring (bicyclic) bond motifs is 1. The van der Waals surface area contributed by atoms with E-state index in [-0.39, 0.29) is 11.5 Å². The van der Waals surface area contributed by atoms with Gasteiger partial charge in [0.15, 0.2) is 5.16 Å². The molecular weight excluding hydrogens is 408 g/mol. The highest BCUT2D eigenvalue weighted by atomic mass is 32.2. The Bertz CT molecular complexity index is 1170. The molecule has 1 aromatic carbocycles. The summed E-state index contributed by atoms with van der Waals surface area (Å²) < 4.78 is 0. The highest BCUT2D eigenvalue weighted by molar-refractivity contribution is 8.00. The molecule has 1 atom stereocenters. The van der Waals surface area contributed by atoms with Crippen LogP contribution < -0.4 is 16.6 Å². The minimum Gasteiger partial charge on any atom is -0.369 e. The number of aromatic amines is 1. The maximum absolute atomic E-state index is 12.8. The van der Waals surface area contributed by atoms with Crippen LogP contribution in [0.4, 0.5) is 5.69 Å². The van der Waals surface area contributed by atoms with Gasteiger partial charge in [-0.15, -0.1) is 11.3 Å². The third kappa shape index (κ3) is 4.35. The van der Waals surface area contributed by atoms with Crippen LogP contribution in [-0.4, -0.2) is 27.0 Å². The van der Waals surface area contributed by atoms with Gasteiger partial charge in [-0.2, -0.15) is 0 Å². The standard InChI is InChI=1S/C20H22N4O3S2/c1-5-13(16(21)25)28-20-23-17(26)14-11(4)15(29-19(14)24-20)18(27)22-12-7-6-9(2)8-10(12)3/h6-8,13H,5H2,1-4H3,(H2,21,25)(H,22,27)(H,23,24,26). The van der Waals surface area contributed by atoms with Gasteiger partial charge < -0.3 is 16.0 Å². The van der Waals surface area contributed by atoms with Crippen molar-refractivity contribution >= 4 is 50.8 Å². The maximum atomic E-state index is 12.8. The molecule has 0 aliphatic heterocycles. The van der Waals surface area contributed by atoms with Gasteiger partial charge in [0.25, 0.3) is 11.5 Å². The Balaban J connectivity index is 1.96. The first kappa shape index (κ1) is 21.1. The van der Waals surface area contributed by atoms with E-state index in [4.69, 9.17) is 5.73 Å². The molecule has 4 N–H and O–H groups in total. The first-order valence-corrected chi connectivity index (χ1v) is 10.8. The van der Waals surface area contributed by atoms with E-state index in [2.05, 4.69) is 15.3 Å². The van der Waals surface area contributed by atoms with Crippen molar-refractivity contribution in [1.82, 2.24) is 9.97 Å². The molecule has 0 spiro atoms. The number of thiophene rings is 1. The molecule has 2 heterocycles. The van der Waals surface area contributed by atoms with Crippen molar-refractivity contribution < 1.29 is 9.59 Å². The number of thioether (sulfide) groups is 1. The predicted molar refractivity (Wildman–Crippen MR) is 118 cm³/mol. The number of amides is 2. The van der Waals surface area contributed by atoms with Crippen LogP contribution in [0.5, 0.6) is 0 Å². The van der Waals surface area contributed by atoms with E-state index < -0.39 is 11.2 Å². The van der Waals surface area contributed by atoms with Crippen molar-refractivity contribution in [3.8, 4) is 0 Å². The number of H-pyrrole nitrogens is 1. The molecule has 3 rings (SSSR count). The minimum absolute atomic E-state index is 0.283. The van der Waals surface area contributed by atoms with Gasteiger partial charge in [-0.05, 0) is 44.4 Å². The Morgan fingerprint density at radius 1 is 1.31 bits per heavy atom. The molecular formula is C20H22N4O3S2. The van der Waals surface area contributed by atoms with Crippen molar-refractivity contribution in [2.45, 2.75) is 44.5 Å². The number of aryl methyl sites for hydroxylation is 3. The molecule has 29 heavy (non-hydrogen) atoms. The molecule has 152 valence electrons. The molecule has 0 fully saturated rings. The summed E-state index contributed by atoms with van der Waals surface area (Å²) in [5.41, 5.74) is 8.42. The van der Waals surface area contributed by atoms with Gasteiger partial charge in [-0.25, -0.2) is 4.98 Å². The Hall–Kier alpha value is -2.65. The number of aromatic nitrogens is 2. The normalized spacial score (nSPS) is 12.1. The topological polar surface area (TPSA) is 118 Å². The summed E-state index contributed by atoms with van der Waals surface area (Å²) in [4.78, 5) is 45.0. The summed E-state index contributed by atoms with van der Waals surface area (Å²) in [6.45, 7) is 7.49. The van der Waals surface area contributed by atoms with Crippen molar-refractivity contribution in [3.63, 3.8) is 0 Å². The summed E-state index contributed by atoms with van der Waals surface area (Å²) in [5, 5.41) is 3.13. The smallest absolute Gasteiger partial charge is 0.266 e. The van der Waals surface area contributed by atoms with Crippen LogP contribution in [0.1, 0.15) is 39.7 Å². The number of carbonyl (C=O) groups excluding carboxylic acids is 2. The number of nitrogens with zero attached hydrogens (tertiary/aromatic N) is 1. The van der Waals surface area contributed by atoms with E-state index in [1.807, 2.05) is 39.0 Å². The molecule has 0 aliphatic carbocycles. The molecule has 2 amide bonds. The average molecular weight is 431 g/mol. The van der Waals surface area contributed by atoms with Gasteiger partial charge >= 0.3 is 0 Å². The molecule has 0 bridgehead atoms. The zero-order valence-corrected chi connectivity index (χ0v) is 18.2. The van der Waals surface area contributed by atoms with E-state index in [0.717, 1.165) is 39.9 Å². The summed E-state index contributed by atoms with van der Waals surface area (Å²) in [5.74, 6) is -0.745. The Morgan fingerprint density at radius 3 is 2.66 bits per heavy atom. The molecule has 9 heteroatoms. The number of hydrogen-bond donors (Lipinski definition) is 3. The van der Waals surface area contributed by atoms with Crippen LogP contribution in [0.3, 0.4) is 0 Å². The summed E-state index contributed by atoms with van der Waals surface area (Å²) in [6.07, 6.45) is 0.523. The number of benzene rings is 1. The molecule has 0 aliphatic rings. The Labute approximate surface area is 176 Å². The van der Waals surface area contributed by atoms with Gasteiger partial charge in [0.05, 0.1) is 15.5 Å². The Kier molecular flexibility index (Phi) is 6.09. The van der Waals surface area contributed by atoms with E-state index in [9.17, 15) is 14.4 Å². The highest BCUT2D eigenvalue weighted by Gasteiger charge is 2.22. The van der Waals surface area contributed by atoms with Crippen molar-refractivity contribution in [1.29, 1.82) is 0 Å². The molecule has 0 radical (unpaired) electrons. The van der Waals surface area contributed by atoms with Gasteiger partial charge in [0.1, 0.15) is 4.83 Å².